The Morgan fingerprint density at radius 2 is 2.09 bits per heavy atom. The van der Waals surface area contributed by atoms with Gasteiger partial charge >= 0.3 is 5.97 Å². The first-order valence-electron chi connectivity index (χ1n) is 10.7. The molecule has 2 aromatic heterocycles. The van der Waals surface area contributed by atoms with Crippen LogP contribution in [0.4, 0.5) is 0 Å². The quantitative estimate of drug-likeness (QED) is 0.364. The highest BCUT2D eigenvalue weighted by Gasteiger charge is 2.49. The van der Waals surface area contributed by atoms with Crippen LogP contribution in [0.25, 0.3) is 22.3 Å². The van der Waals surface area contributed by atoms with Crippen LogP contribution in [0.1, 0.15) is 35.6 Å². The number of benzene rings is 1. The second-order valence-corrected chi connectivity index (χ2v) is 8.65. The van der Waals surface area contributed by atoms with E-state index in [9.17, 15) is 19.5 Å². The third-order valence-electron chi connectivity index (χ3n) is 6.47. The van der Waals surface area contributed by atoms with Gasteiger partial charge in [0, 0.05) is 28.6 Å². The van der Waals surface area contributed by atoms with Gasteiger partial charge in [-0.15, -0.1) is 0 Å². The van der Waals surface area contributed by atoms with Gasteiger partial charge in [0.2, 0.25) is 5.60 Å². The molecule has 0 amide bonds. The summed E-state index contributed by atoms with van der Waals surface area (Å²) in [5.74, 6) is -0.502. The van der Waals surface area contributed by atoms with Crippen molar-refractivity contribution in [3.8, 4) is 17.1 Å². The number of ether oxygens (including phenoxy) is 2. The van der Waals surface area contributed by atoms with Crippen LogP contribution in [0, 0.1) is 0 Å². The molecule has 1 unspecified atom stereocenters. The lowest BCUT2D eigenvalue weighted by Gasteiger charge is -2.34. The molecule has 33 heavy (non-hydrogen) atoms. The molecule has 0 radical (unpaired) electrons. The van der Waals surface area contributed by atoms with Crippen LogP contribution in [0.2, 0.25) is 0 Å². The molecule has 0 saturated carbocycles. The Morgan fingerprint density at radius 3 is 2.79 bits per heavy atom. The minimum atomic E-state index is -1.66. The van der Waals surface area contributed by atoms with Gasteiger partial charge in [0.15, 0.2) is 0 Å². The lowest BCUT2D eigenvalue weighted by atomic mass is 9.85. The number of fused-ring (bicyclic) bond motifs is 5. The van der Waals surface area contributed by atoms with Crippen molar-refractivity contribution in [2.75, 3.05) is 14.1 Å². The summed E-state index contributed by atoms with van der Waals surface area (Å²) in [7, 11) is 3.84. The van der Waals surface area contributed by atoms with Crippen LogP contribution in [-0.4, -0.2) is 46.1 Å². The molecular weight excluding hydrogens is 426 g/mol. The second kappa shape index (κ2) is 7.41. The lowest BCUT2D eigenvalue weighted by molar-refractivity contribution is -0.182. The Kier molecular flexibility index (Phi) is 4.75. The Bertz CT molecular complexity index is 1390. The van der Waals surface area contributed by atoms with Crippen molar-refractivity contribution in [3.63, 3.8) is 0 Å². The van der Waals surface area contributed by atoms with Crippen molar-refractivity contribution in [1.82, 2.24) is 14.5 Å². The number of phenolic OH excluding ortho intramolecular Hbond substituents is 1. The van der Waals surface area contributed by atoms with Crippen molar-refractivity contribution in [3.05, 3.63) is 56.9 Å². The van der Waals surface area contributed by atoms with Gasteiger partial charge in [-0.05, 0) is 44.8 Å². The number of hydrogen-bond acceptors (Lipinski definition) is 8. The molecule has 0 fully saturated rings. The van der Waals surface area contributed by atoms with Crippen LogP contribution in [0.3, 0.4) is 0 Å². The van der Waals surface area contributed by atoms with Crippen molar-refractivity contribution in [2.24, 2.45) is 0 Å². The molecule has 4 heterocycles. The van der Waals surface area contributed by atoms with Crippen LogP contribution in [0.5, 0.6) is 5.75 Å². The van der Waals surface area contributed by atoms with E-state index in [4.69, 9.17) is 14.5 Å². The fourth-order valence-corrected chi connectivity index (χ4v) is 4.85. The number of carbonyl (C=O) groups is 2. The fraction of sp³-hybridized carbons (Fsp3) is 0.333. The summed E-state index contributed by atoms with van der Waals surface area (Å²) >= 11 is 0. The van der Waals surface area contributed by atoms with E-state index in [0.717, 1.165) is 16.5 Å². The van der Waals surface area contributed by atoms with Gasteiger partial charge in [0.1, 0.15) is 12.4 Å². The Hall–Kier alpha value is -3.72. The molecule has 2 aliphatic heterocycles. The molecule has 0 saturated heterocycles. The van der Waals surface area contributed by atoms with Crippen molar-refractivity contribution >= 4 is 23.3 Å². The summed E-state index contributed by atoms with van der Waals surface area (Å²) in [6, 6.07) is 7.03. The molecule has 9 nitrogen and oxygen atoms in total. The van der Waals surface area contributed by atoms with E-state index >= 15 is 0 Å². The Morgan fingerprint density at radius 1 is 1.30 bits per heavy atom. The number of nitrogens with zero attached hydrogens (tertiary/aromatic N) is 3. The van der Waals surface area contributed by atoms with Gasteiger partial charge in [-0.1, -0.05) is 6.92 Å². The Balaban J connectivity index is 1.75. The number of phenols is 1. The number of cyclic esters (lactones) is 1. The highest BCUT2D eigenvalue weighted by molar-refractivity contribution is 5.89. The molecule has 0 spiro atoms. The van der Waals surface area contributed by atoms with E-state index in [1.165, 1.54) is 0 Å². The smallest absolute Gasteiger partial charge is 0.355 e. The zero-order valence-electron chi connectivity index (χ0n) is 18.5. The summed E-state index contributed by atoms with van der Waals surface area (Å²) in [5.41, 5.74) is 2.14. The van der Waals surface area contributed by atoms with Crippen LogP contribution in [-0.2, 0) is 44.4 Å². The van der Waals surface area contributed by atoms with Gasteiger partial charge in [-0.3, -0.25) is 9.59 Å². The largest absolute Gasteiger partial charge is 0.508 e. The highest BCUT2D eigenvalue weighted by atomic mass is 16.6. The summed E-state index contributed by atoms with van der Waals surface area (Å²) in [5, 5.41) is 11.2. The summed E-state index contributed by atoms with van der Waals surface area (Å²) in [4.78, 5) is 44.1. The van der Waals surface area contributed by atoms with E-state index in [2.05, 4.69) is 0 Å². The van der Waals surface area contributed by atoms with Crippen molar-refractivity contribution in [1.29, 1.82) is 0 Å². The average molecular weight is 449 g/mol. The third kappa shape index (κ3) is 2.96. The van der Waals surface area contributed by atoms with E-state index in [0.29, 0.717) is 41.1 Å². The van der Waals surface area contributed by atoms with E-state index in [-0.39, 0.29) is 30.8 Å². The van der Waals surface area contributed by atoms with Crippen molar-refractivity contribution in [2.45, 2.75) is 38.6 Å². The summed E-state index contributed by atoms with van der Waals surface area (Å²) < 4.78 is 12.1. The molecule has 1 aromatic carbocycles. The maximum Gasteiger partial charge on any atom is 0.355 e. The summed E-state index contributed by atoms with van der Waals surface area (Å²) in [6.07, 6.45) is 0.131. The van der Waals surface area contributed by atoms with Gasteiger partial charge in [-0.25, -0.2) is 9.78 Å². The monoisotopic (exact) mass is 449 g/mol. The number of aromatic nitrogens is 2. The standard InChI is InChI=1S/C24H23N3O6/c1-4-24(33-12-28)17-8-19-21-13(9-27(19)22(30)16(17)11-32-23(24)31)7-14-15(10-26(2)3)20(29)6-5-18(14)25-21/h5-8,12,29H,4,9-11H2,1-3H3. The van der Waals surface area contributed by atoms with Gasteiger partial charge in [-0.2, -0.15) is 0 Å². The maximum absolute atomic E-state index is 13.4. The number of rotatable bonds is 5. The normalized spacial score (nSPS) is 18.6. The molecule has 9 heteroatoms. The first kappa shape index (κ1) is 21.1. The number of hydrogen-bond donors (Lipinski definition) is 1. The molecule has 5 rings (SSSR count). The average Bonchev–Trinajstić information content (AvgIpc) is 3.14. The number of carbonyl (C=O) groups excluding carboxylic acids is 2. The first-order valence-corrected chi connectivity index (χ1v) is 10.7. The zero-order chi connectivity index (χ0) is 23.5. The minimum absolute atomic E-state index is 0.131. The Labute approximate surface area is 189 Å². The molecule has 0 aliphatic carbocycles. The molecule has 0 bridgehead atoms. The minimum Gasteiger partial charge on any atom is -0.508 e. The molecular formula is C24H23N3O6. The van der Waals surface area contributed by atoms with Gasteiger partial charge in [0.25, 0.3) is 12.0 Å². The lowest BCUT2D eigenvalue weighted by Crippen LogP contribution is -2.46. The number of aromatic hydroxyl groups is 1. The molecule has 1 N–H and O–H groups in total. The van der Waals surface area contributed by atoms with Crippen molar-refractivity contribution < 1.29 is 24.2 Å². The zero-order valence-corrected chi connectivity index (χ0v) is 18.5. The van der Waals surface area contributed by atoms with E-state index in [1.54, 1.807) is 29.7 Å². The summed E-state index contributed by atoms with van der Waals surface area (Å²) in [6.45, 7) is 2.57. The maximum atomic E-state index is 13.4. The number of pyridine rings is 2. The number of esters is 1. The van der Waals surface area contributed by atoms with Crippen LogP contribution >= 0.6 is 0 Å². The predicted octanol–water partition coefficient (Wildman–Crippen LogP) is 2.03. The van der Waals surface area contributed by atoms with Gasteiger partial charge < -0.3 is 24.0 Å². The van der Waals surface area contributed by atoms with Crippen LogP contribution in [0.15, 0.2) is 29.1 Å². The molecule has 3 aromatic rings. The second-order valence-electron chi connectivity index (χ2n) is 8.65. The predicted molar refractivity (Wildman–Crippen MR) is 119 cm³/mol. The third-order valence-corrected chi connectivity index (χ3v) is 6.47. The first-order chi connectivity index (χ1) is 15.8. The highest BCUT2D eigenvalue weighted by Crippen LogP contribution is 2.41. The SMILES string of the molecule is CCC1(OC=O)C(=O)OCc2c1cc1n(c2=O)Cc2cc3c(CN(C)C)c(O)ccc3nc2-1. The topological polar surface area (TPSA) is 111 Å². The molecule has 2 aliphatic rings. The molecule has 170 valence electrons. The van der Waals surface area contributed by atoms with E-state index in [1.807, 2.05) is 25.1 Å². The van der Waals surface area contributed by atoms with Gasteiger partial charge in [0.05, 0.1) is 29.0 Å². The van der Waals surface area contributed by atoms with E-state index < -0.39 is 11.6 Å². The molecule has 1 atom stereocenters. The van der Waals surface area contributed by atoms with Crippen LogP contribution < -0.4 is 5.56 Å². The fourth-order valence-electron chi connectivity index (χ4n) is 4.85.